The van der Waals surface area contributed by atoms with E-state index in [4.69, 9.17) is 10.2 Å². The molecule has 5 heteroatoms. The number of aliphatic hydroxyl groups is 1. The van der Waals surface area contributed by atoms with Crippen LogP contribution in [0.15, 0.2) is 40.0 Å². The quantitative estimate of drug-likeness (QED) is 0.405. The van der Waals surface area contributed by atoms with Gasteiger partial charge in [0.2, 0.25) is 0 Å². The first-order valence-electron chi connectivity index (χ1n) is 5.36. The van der Waals surface area contributed by atoms with Gasteiger partial charge in [0.05, 0.1) is 12.8 Å². The van der Waals surface area contributed by atoms with E-state index in [-0.39, 0.29) is 12.5 Å². The summed E-state index contributed by atoms with van der Waals surface area (Å²) in [4.78, 5) is 4.06. The highest BCUT2D eigenvalue weighted by Gasteiger charge is 2.25. The first-order valence-corrected chi connectivity index (χ1v) is 5.36. The standard InChI is InChI=1S/C12H19N3O2/c1-9(2)7-14-11(13)15-8-12(3,16)10-5-4-6-17-10/h4-6,16H,1,7-8H2,2-3H3,(H3,13,14,15). The molecule has 5 nitrogen and oxygen atoms in total. The number of nitrogens with two attached hydrogens (primary N) is 1. The zero-order valence-corrected chi connectivity index (χ0v) is 10.2. The first kappa shape index (κ1) is 13.3. The Bertz CT molecular complexity index is 394. The molecule has 0 aliphatic carbocycles. The largest absolute Gasteiger partial charge is 0.466 e. The number of nitrogens with one attached hydrogen (secondary N) is 1. The lowest BCUT2D eigenvalue weighted by atomic mass is 10.0. The average Bonchev–Trinajstić information content (AvgIpc) is 2.77. The lowest BCUT2D eigenvalue weighted by molar-refractivity contribution is 0.0437. The molecule has 1 unspecified atom stereocenters. The van der Waals surface area contributed by atoms with Crippen molar-refractivity contribution in [3.05, 3.63) is 36.3 Å². The minimum absolute atomic E-state index is 0.134. The van der Waals surface area contributed by atoms with Crippen LogP contribution in [0.3, 0.4) is 0 Å². The van der Waals surface area contributed by atoms with Crippen LogP contribution >= 0.6 is 0 Å². The van der Waals surface area contributed by atoms with Crippen molar-refractivity contribution < 1.29 is 9.52 Å². The van der Waals surface area contributed by atoms with Gasteiger partial charge >= 0.3 is 0 Å². The van der Waals surface area contributed by atoms with Crippen LogP contribution in [-0.4, -0.2) is 24.2 Å². The summed E-state index contributed by atoms with van der Waals surface area (Å²) in [6.07, 6.45) is 1.51. The Balaban J connectivity index is 2.54. The number of guanidine groups is 1. The molecule has 0 bridgehead atoms. The van der Waals surface area contributed by atoms with Crippen LogP contribution in [0.25, 0.3) is 0 Å². The molecule has 17 heavy (non-hydrogen) atoms. The van der Waals surface area contributed by atoms with E-state index in [0.717, 1.165) is 5.57 Å². The van der Waals surface area contributed by atoms with Crippen molar-refractivity contribution >= 4 is 5.96 Å². The smallest absolute Gasteiger partial charge is 0.188 e. The lowest BCUT2D eigenvalue weighted by Crippen LogP contribution is -2.35. The maximum Gasteiger partial charge on any atom is 0.188 e. The molecule has 94 valence electrons. The Labute approximate surface area is 101 Å². The zero-order valence-electron chi connectivity index (χ0n) is 10.2. The number of rotatable bonds is 5. The monoisotopic (exact) mass is 237 g/mol. The normalized spacial score (nSPS) is 15.4. The molecule has 0 aliphatic heterocycles. The molecule has 1 heterocycles. The SMILES string of the molecule is C=C(C)CNC(N)=NCC(C)(O)c1ccco1. The van der Waals surface area contributed by atoms with Gasteiger partial charge in [0.1, 0.15) is 11.4 Å². The zero-order chi connectivity index (χ0) is 12.9. The summed E-state index contributed by atoms with van der Waals surface area (Å²) < 4.78 is 5.13. The Morgan fingerprint density at radius 1 is 1.71 bits per heavy atom. The molecule has 1 rings (SSSR count). The highest BCUT2D eigenvalue weighted by Crippen LogP contribution is 2.20. The highest BCUT2D eigenvalue weighted by molar-refractivity contribution is 5.78. The van der Waals surface area contributed by atoms with E-state index in [9.17, 15) is 5.11 Å². The lowest BCUT2D eigenvalue weighted by Gasteiger charge is -2.18. The summed E-state index contributed by atoms with van der Waals surface area (Å²) in [5, 5.41) is 13.0. The molecule has 1 aromatic rings. The molecule has 0 saturated carbocycles. The molecule has 1 aromatic heterocycles. The number of furan rings is 1. The van der Waals surface area contributed by atoms with E-state index >= 15 is 0 Å². The molecule has 0 amide bonds. The van der Waals surface area contributed by atoms with Crippen molar-refractivity contribution in [1.82, 2.24) is 5.32 Å². The van der Waals surface area contributed by atoms with Crippen molar-refractivity contribution in [3.8, 4) is 0 Å². The Morgan fingerprint density at radius 3 is 2.94 bits per heavy atom. The van der Waals surface area contributed by atoms with E-state index in [2.05, 4.69) is 16.9 Å². The second-order valence-electron chi connectivity index (χ2n) is 4.26. The maximum atomic E-state index is 10.1. The number of hydrogen-bond acceptors (Lipinski definition) is 3. The van der Waals surface area contributed by atoms with Crippen LogP contribution in [0.2, 0.25) is 0 Å². The van der Waals surface area contributed by atoms with Crippen molar-refractivity contribution in [1.29, 1.82) is 0 Å². The average molecular weight is 237 g/mol. The fourth-order valence-corrected chi connectivity index (χ4v) is 1.20. The van der Waals surface area contributed by atoms with Crippen molar-refractivity contribution in [2.24, 2.45) is 10.7 Å². The maximum absolute atomic E-state index is 10.1. The summed E-state index contributed by atoms with van der Waals surface area (Å²) in [5.41, 5.74) is 5.44. The van der Waals surface area contributed by atoms with Gasteiger partial charge in [-0.25, -0.2) is 4.99 Å². The summed E-state index contributed by atoms with van der Waals surface area (Å²) in [7, 11) is 0. The minimum atomic E-state index is -1.15. The van der Waals surface area contributed by atoms with Crippen molar-refractivity contribution in [2.75, 3.05) is 13.1 Å². The Hall–Kier alpha value is -1.75. The van der Waals surface area contributed by atoms with E-state index in [1.807, 2.05) is 6.92 Å². The van der Waals surface area contributed by atoms with Crippen molar-refractivity contribution in [3.63, 3.8) is 0 Å². The van der Waals surface area contributed by atoms with Crippen LogP contribution in [0, 0.1) is 0 Å². The van der Waals surface area contributed by atoms with Gasteiger partial charge in [0.25, 0.3) is 0 Å². The fourth-order valence-electron chi connectivity index (χ4n) is 1.20. The van der Waals surface area contributed by atoms with Crippen LogP contribution in [0.4, 0.5) is 0 Å². The van der Waals surface area contributed by atoms with Gasteiger partial charge in [-0.15, -0.1) is 0 Å². The molecule has 0 aromatic carbocycles. The number of hydrogen-bond donors (Lipinski definition) is 3. The van der Waals surface area contributed by atoms with Gasteiger partial charge in [-0.1, -0.05) is 12.2 Å². The van der Waals surface area contributed by atoms with E-state index in [1.54, 1.807) is 19.1 Å². The predicted molar refractivity (Wildman–Crippen MR) is 67.6 cm³/mol. The molecule has 0 saturated heterocycles. The number of aliphatic imine (C=N–C) groups is 1. The minimum Gasteiger partial charge on any atom is -0.466 e. The highest BCUT2D eigenvalue weighted by atomic mass is 16.4. The third-order valence-corrected chi connectivity index (χ3v) is 2.18. The van der Waals surface area contributed by atoms with Gasteiger partial charge in [0.15, 0.2) is 5.96 Å². The fraction of sp³-hybridized carbons (Fsp3) is 0.417. The van der Waals surface area contributed by atoms with Gasteiger partial charge in [-0.3, -0.25) is 0 Å². The van der Waals surface area contributed by atoms with Crippen LogP contribution in [-0.2, 0) is 5.60 Å². The summed E-state index contributed by atoms with van der Waals surface area (Å²) in [5.74, 6) is 0.744. The Morgan fingerprint density at radius 2 is 2.41 bits per heavy atom. The molecular weight excluding hydrogens is 218 g/mol. The van der Waals surface area contributed by atoms with E-state index < -0.39 is 5.60 Å². The molecule has 4 N–H and O–H groups in total. The molecule has 0 aliphatic rings. The Kier molecular flexibility index (Phi) is 4.34. The van der Waals surface area contributed by atoms with Crippen molar-refractivity contribution in [2.45, 2.75) is 19.4 Å². The van der Waals surface area contributed by atoms with Crippen LogP contribution in [0.5, 0.6) is 0 Å². The predicted octanol–water partition coefficient (Wildman–Crippen LogP) is 0.967. The van der Waals surface area contributed by atoms with E-state index in [0.29, 0.717) is 12.3 Å². The summed E-state index contributed by atoms with van der Waals surface area (Å²) >= 11 is 0. The van der Waals surface area contributed by atoms with Gasteiger partial charge in [-0.05, 0) is 26.0 Å². The van der Waals surface area contributed by atoms with Gasteiger partial charge in [0, 0.05) is 6.54 Å². The van der Waals surface area contributed by atoms with E-state index in [1.165, 1.54) is 6.26 Å². The first-order chi connectivity index (χ1) is 7.92. The van der Waals surface area contributed by atoms with Gasteiger partial charge < -0.3 is 20.6 Å². The third kappa shape index (κ3) is 4.32. The molecule has 0 spiro atoms. The topological polar surface area (TPSA) is 83.8 Å². The molecular formula is C12H19N3O2. The summed E-state index contributed by atoms with van der Waals surface area (Å²) in [6, 6.07) is 3.42. The second kappa shape index (κ2) is 5.54. The molecule has 1 atom stereocenters. The molecule has 0 radical (unpaired) electrons. The summed E-state index contributed by atoms with van der Waals surface area (Å²) in [6.45, 7) is 7.96. The number of nitrogens with zero attached hydrogens (tertiary/aromatic N) is 1. The van der Waals surface area contributed by atoms with Gasteiger partial charge in [-0.2, -0.15) is 0 Å². The second-order valence-corrected chi connectivity index (χ2v) is 4.26. The third-order valence-electron chi connectivity index (χ3n) is 2.18. The van der Waals surface area contributed by atoms with Crippen LogP contribution < -0.4 is 11.1 Å². The molecule has 0 fully saturated rings. The van der Waals surface area contributed by atoms with Crippen LogP contribution in [0.1, 0.15) is 19.6 Å².